The number of carbonyl (C=O) groups excluding carboxylic acids is 1. The third-order valence-electron chi connectivity index (χ3n) is 3.60. The number of halogens is 1. The van der Waals surface area contributed by atoms with Gasteiger partial charge in [0.1, 0.15) is 0 Å². The molecule has 6 nitrogen and oxygen atoms in total. The molecule has 2 amide bonds. The van der Waals surface area contributed by atoms with E-state index >= 15 is 0 Å². The standard InChI is InChI=1S/C16H21FN2O4/c1-10(19-16(22)18-7-6-15(20)21)12-4-5-14(13(17)8-12)23-9-11-2-3-11/h4-5,8,10-11H,2-3,6-7,9H2,1H3,(H,20,21)(H2,18,19,22). The van der Waals surface area contributed by atoms with E-state index in [0.717, 1.165) is 12.8 Å². The number of aliphatic carboxylic acids is 1. The molecule has 0 radical (unpaired) electrons. The lowest BCUT2D eigenvalue weighted by Crippen LogP contribution is -2.38. The van der Waals surface area contributed by atoms with Crippen LogP contribution in [0.15, 0.2) is 18.2 Å². The van der Waals surface area contributed by atoms with Gasteiger partial charge in [-0.05, 0) is 43.4 Å². The Hall–Kier alpha value is -2.31. The molecule has 0 saturated heterocycles. The summed E-state index contributed by atoms with van der Waals surface area (Å²) in [6.07, 6.45) is 2.12. The van der Waals surface area contributed by atoms with Crippen molar-refractivity contribution in [3.63, 3.8) is 0 Å². The predicted octanol–water partition coefficient (Wildman–Crippen LogP) is 2.45. The van der Waals surface area contributed by atoms with Gasteiger partial charge in [0.05, 0.1) is 19.1 Å². The molecule has 2 rings (SSSR count). The zero-order valence-corrected chi connectivity index (χ0v) is 13.0. The highest BCUT2D eigenvalue weighted by atomic mass is 19.1. The van der Waals surface area contributed by atoms with Crippen molar-refractivity contribution in [2.24, 2.45) is 5.92 Å². The van der Waals surface area contributed by atoms with Crippen LogP contribution in [0.3, 0.4) is 0 Å². The third kappa shape index (κ3) is 5.77. The first kappa shape index (κ1) is 17.1. The smallest absolute Gasteiger partial charge is 0.315 e. The van der Waals surface area contributed by atoms with E-state index in [9.17, 15) is 14.0 Å². The topological polar surface area (TPSA) is 87.7 Å². The molecule has 1 fully saturated rings. The molecule has 1 aromatic rings. The van der Waals surface area contributed by atoms with Crippen molar-refractivity contribution in [3.05, 3.63) is 29.6 Å². The van der Waals surface area contributed by atoms with Crippen LogP contribution >= 0.6 is 0 Å². The Kier molecular flexibility index (Phi) is 5.78. The molecular formula is C16H21FN2O4. The summed E-state index contributed by atoms with van der Waals surface area (Å²) in [5, 5.41) is 13.6. The number of carboxylic acid groups (broad SMARTS) is 1. The Morgan fingerprint density at radius 2 is 2.17 bits per heavy atom. The molecule has 0 aliphatic heterocycles. The molecular weight excluding hydrogens is 303 g/mol. The van der Waals surface area contributed by atoms with Crippen molar-refractivity contribution in [2.75, 3.05) is 13.2 Å². The molecule has 7 heteroatoms. The fourth-order valence-corrected chi connectivity index (χ4v) is 2.01. The van der Waals surface area contributed by atoms with Gasteiger partial charge < -0.3 is 20.5 Å². The Morgan fingerprint density at radius 3 is 2.78 bits per heavy atom. The highest BCUT2D eigenvalue weighted by molar-refractivity contribution is 5.75. The molecule has 3 N–H and O–H groups in total. The SMILES string of the molecule is CC(NC(=O)NCCC(=O)O)c1ccc(OCC2CC2)c(F)c1. The van der Waals surface area contributed by atoms with Crippen molar-refractivity contribution in [3.8, 4) is 5.75 Å². The first-order valence-corrected chi connectivity index (χ1v) is 7.64. The van der Waals surface area contributed by atoms with Crippen molar-refractivity contribution < 1.29 is 23.8 Å². The van der Waals surface area contributed by atoms with Crippen molar-refractivity contribution in [2.45, 2.75) is 32.2 Å². The Labute approximate surface area is 134 Å². The summed E-state index contributed by atoms with van der Waals surface area (Å²) in [4.78, 5) is 22.0. The quantitative estimate of drug-likeness (QED) is 0.685. The number of benzene rings is 1. The normalized spacial score (nSPS) is 14.9. The van der Waals surface area contributed by atoms with E-state index < -0.39 is 23.9 Å². The average Bonchev–Trinajstić information content (AvgIpc) is 3.29. The molecule has 1 unspecified atom stereocenters. The van der Waals surface area contributed by atoms with Gasteiger partial charge in [-0.15, -0.1) is 0 Å². The molecule has 1 saturated carbocycles. The number of urea groups is 1. The van der Waals surface area contributed by atoms with Crippen LogP contribution in [0.2, 0.25) is 0 Å². The molecule has 1 aromatic carbocycles. The Morgan fingerprint density at radius 1 is 1.43 bits per heavy atom. The van der Waals surface area contributed by atoms with Crippen LogP contribution in [0, 0.1) is 11.7 Å². The monoisotopic (exact) mass is 324 g/mol. The molecule has 0 heterocycles. The van der Waals surface area contributed by atoms with Crippen molar-refractivity contribution in [1.82, 2.24) is 10.6 Å². The Bertz CT molecular complexity index is 575. The minimum absolute atomic E-state index is 0.0379. The van der Waals surface area contributed by atoms with Gasteiger partial charge >= 0.3 is 12.0 Å². The zero-order chi connectivity index (χ0) is 16.8. The molecule has 1 atom stereocenters. The lowest BCUT2D eigenvalue weighted by Gasteiger charge is -2.16. The van der Waals surface area contributed by atoms with Crippen LogP contribution < -0.4 is 15.4 Å². The summed E-state index contributed by atoms with van der Waals surface area (Å²) >= 11 is 0. The second-order valence-corrected chi connectivity index (χ2v) is 5.71. The number of hydrogen-bond acceptors (Lipinski definition) is 3. The van der Waals surface area contributed by atoms with Crippen LogP contribution in [0.25, 0.3) is 0 Å². The number of amides is 2. The van der Waals surface area contributed by atoms with E-state index in [0.29, 0.717) is 18.1 Å². The summed E-state index contributed by atoms with van der Waals surface area (Å²) in [5.41, 5.74) is 0.606. The maximum Gasteiger partial charge on any atom is 0.315 e. The largest absolute Gasteiger partial charge is 0.490 e. The highest BCUT2D eigenvalue weighted by Gasteiger charge is 2.22. The fourth-order valence-electron chi connectivity index (χ4n) is 2.01. The molecule has 0 aromatic heterocycles. The summed E-state index contributed by atoms with van der Waals surface area (Å²) in [5.74, 6) is -0.673. The van der Waals surface area contributed by atoms with Crippen LogP contribution in [-0.2, 0) is 4.79 Å². The maximum atomic E-state index is 14.0. The summed E-state index contributed by atoms with van der Waals surface area (Å²) < 4.78 is 19.4. The molecule has 0 bridgehead atoms. The lowest BCUT2D eigenvalue weighted by molar-refractivity contribution is -0.136. The summed E-state index contributed by atoms with van der Waals surface area (Å²) in [6, 6.07) is 3.70. The number of nitrogens with one attached hydrogen (secondary N) is 2. The van der Waals surface area contributed by atoms with Gasteiger partial charge in [-0.1, -0.05) is 6.07 Å². The van der Waals surface area contributed by atoms with Crippen LogP contribution in [-0.4, -0.2) is 30.3 Å². The van der Waals surface area contributed by atoms with Gasteiger partial charge in [0.15, 0.2) is 11.6 Å². The van der Waals surface area contributed by atoms with Gasteiger partial charge in [0, 0.05) is 6.54 Å². The number of carboxylic acids is 1. The second-order valence-electron chi connectivity index (χ2n) is 5.71. The van der Waals surface area contributed by atoms with Gasteiger partial charge in [-0.3, -0.25) is 4.79 Å². The minimum atomic E-state index is -0.984. The molecule has 23 heavy (non-hydrogen) atoms. The first-order chi connectivity index (χ1) is 11.0. The van der Waals surface area contributed by atoms with E-state index in [-0.39, 0.29) is 18.7 Å². The van der Waals surface area contributed by atoms with Gasteiger partial charge in [-0.25, -0.2) is 9.18 Å². The molecule has 1 aliphatic carbocycles. The third-order valence-corrected chi connectivity index (χ3v) is 3.60. The summed E-state index contributed by atoms with van der Waals surface area (Å²) in [7, 11) is 0. The average molecular weight is 324 g/mol. The maximum absolute atomic E-state index is 14.0. The molecule has 1 aliphatic rings. The number of ether oxygens (including phenoxy) is 1. The van der Waals surface area contributed by atoms with E-state index in [1.54, 1.807) is 19.1 Å². The molecule has 126 valence electrons. The summed E-state index contributed by atoms with van der Waals surface area (Å²) in [6.45, 7) is 2.29. The predicted molar refractivity (Wildman–Crippen MR) is 81.8 cm³/mol. The number of carbonyl (C=O) groups is 2. The van der Waals surface area contributed by atoms with E-state index in [1.165, 1.54) is 6.07 Å². The highest BCUT2D eigenvalue weighted by Crippen LogP contribution is 2.30. The van der Waals surface area contributed by atoms with Gasteiger partial charge in [-0.2, -0.15) is 0 Å². The Balaban J connectivity index is 1.83. The van der Waals surface area contributed by atoms with E-state index in [1.807, 2.05) is 0 Å². The fraction of sp³-hybridized carbons (Fsp3) is 0.500. The van der Waals surface area contributed by atoms with Crippen LogP contribution in [0.1, 0.15) is 37.8 Å². The lowest BCUT2D eigenvalue weighted by atomic mass is 10.1. The number of hydrogen-bond donors (Lipinski definition) is 3. The number of rotatable bonds is 8. The zero-order valence-electron chi connectivity index (χ0n) is 13.0. The van der Waals surface area contributed by atoms with Crippen LogP contribution in [0.4, 0.5) is 9.18 Å². The van der Waals surface area contributed by atoms with Gasteiger partial charge in [0.25, 0.3) is 0 Å². The van der Waals surface area contributed by atoms with E-state index in [4.69, 9.17) is 9.84 Å². The van der Waals surface area contributed by atoms with Gasteiger partial charge in [0.2, 0.25) is 0 Å². The van der Waals surface area contributed by atoms with Crippen molar-refractivity contribution in [1.29, 1.82) is 0 Å². The van der Waals surface area contributed by atoms with Crippen molar-refractivity contribution >= 4 is 12.0 Å². The van der Waals surface area contributed by atoms with E-state index in [2.05, 4.69) is 10.6 Å². The second kappa shape index (κ2) is 7.80. The first-order valence-electron chi connectivity index (χ1n) is 7.64. The minimum Gasteiger partial charge on any atom is -0.490 e. The van der Waals surface area contributed by atoms with Crippen LogP contribution in [0.5, 0.6) is 5.75 Å². The molecule has 0 spiro atoms.